The lowest BCUT2D eigenvalue weighted by Crippen LogP contribution is -2.10. The number of carbonyl (C=O) groups excluding carboxylic acids is 1. The van der Waals surface area contributed by atoms with Crippen LogP contribution < -0.4 is 0 Å². The Balaban J connectivity index is 3.97. The maximum Gasteiger partial charge on any atom is 0.176 e. The van der Waals surface area contributed by atoms with Crippen molar-refractivity contribution < 1.29 is 4.79 Å². The quantitative estimate of drug-likeness (QED) is 0.527. The first-order valence-corrected chi connectivity index (χ1v) is 3.25. The average Bonchev–Trinajstić information content (AvgIpc) is 1.90. The molecular formula is C7H13NO. The molecule has 0 unspecified atom stereocenters. The van der Waals surface area contributed by atoms with Gasteiger partial charge in [0.2, 0.25) is 0 Å². The summed E-state index contributed by atoms with van der Waals surface area (Å²) in [5, 5.41) is 0. The highest BCUT2D eigenvalue weighted by molar-refractivity contribution is 6.39. The minimum Gasteiger partial charge on any atom is -0.293 e. The Bertz CT molecular complexity index is 127. The first kappa shape index (κ1) is 8.34. The van der Waals surface area contributed by atoms with Gasteiger partial charge < -0.3 is 0 Å². The van der Waals surface area contributed by atoms with Gasteiger partial charge in [-0.15, -0.1) is 0 Å². The van der Waals surface area contributed by atoms with Crippen molar-refractivity contribution in [2.75, 3.05) is 7.05 Å². The van der Waals surface area contributed by atoms with E-state index in [1.54, 1.807) is 7.05 Å². The van der Waals surface area contributed by atoms with E-state index in [-0.39, 0.29) is 5.78 Å². The van der Waals surface area contributed by atoms with Gasteiger partial charge in [-0.05, 0) is 6.42 Å². The Morgan fingerprint density at radius 2 is 1.89 bits per heavy atom. The number of ketones is 1. The molecule has 0 fully saturated rings. The second kappa shape index (κ2) is 4.24. The van der Waals surface area contributed by atoms with Gasteiger partial charge in [0, 0.05) is 13.5 Å². The van der Waals surface area contributed by atoms with Crippen LogP contribution in [0.2, 0.25) is 0 Å². The first-order valence-electron chi connectivity index (χ1n) is 3.25. The second-order valence-electron chi connectivity index (χ2n) is 1.80. The standard InChI is InChI=1S/C7H13NO/c1-4-6(8-3)7(9)5-2/h4-5H2,1-3H3. The number of Topliss-reactive ketones (excluding diaryl/α,β-unsaturated/α-hetero) is 1. The zero-order chi connectivity index (χ0) is 7.28. The van der Waals surface area contributed by atoms with E-state index in [2.05, 4.69) is 4.99 Å². The van der Waals surface area contributed by atoms with Crippen molar-refractivity contribution in [2.45, 2.75) is 26.7 Å². The summed E-state index contributed by atoms with van der Waals surface area (Å²) in [4.78, 5) is 14.7. The van der Waals surface area contributed by atoms with Crippen LogP contribution in [0.3, 0.4) is 0 Å². The van der Waals surface area contributed by atoms with Gasteiger partial charge in [0.1, 0.15) is 0 Å². The van der Waals surface area contributed by atoms with Crippen LogP contribution in [0, 0.1) is 0 Å². The van der Waals surface area contributed by atoms with Crippen molar-refractivity contribution in [3.05, 3.63) is 0 Å². The Labute approximate surface area is 56.0 Å². The number of aliphatic imine (C=N–C) groups is 1. The molecule has 0 N–H and O–H groups in total. The third kappa shape index (κ3) is 2.40. The maximum absolute atomic E-state index is 10.8. The third-order valence-electron chi connectivity index (χ3n) is 1.25. The van der Waals surface area contributed by atoms with E-state index >= 15 is 0 Å². The van der Waals surface area contributed by atoms with Crippen LogP contribution in [0.4, 0.5) is 0 Å². The topological polar surface area (TPSA) is 29.4 Å². The summed E-state index contributed by atoms with van der Waals surface area (Å²) >= 11 is 0. The van der Waals surface area contributed by atoms with E-state index in [0.29, 0.717) is 12.1 Å². The van der Waals surface area contributed by atoms with Crippen molar-refractivity contribution in [1.82, 2.24) is 0 Å². The summed E-state index contributed by atoms with van der Waals surface area (Å²) < 4.78 is 0. The molecule has 0 atom stereocenters. The molecule has 0 aromatic carbocycles. The van der Waals surface area contributed by atoms with Crippen molar-refractivity contribution >= 4 is 11.5 Å². The lowest BCUT2D eigenvalue weighted by atomic mass is 10.1. The number of hydrogen-bond acceptors (Lipinski definition) is 2. The first-order chi connectivity index (χ1) is 4.26. The summed E-state index contributed by atoms with van der Waals surface area (Å²) in [5.74, 6) is 0.167. The minimum absolute atomic E-state index is 0.167. The summed E-state index contributed by atoms with van der Waals surface area (Å²) in [6.45, 7) is 3.79. The monoisotopic (exact) mass is 127 g/mol. The Morgan fingerprint density at radius 3 is 2.00 bits per heavy atom. The van der Waals surface area contributed by atoms with Crippen LogP contribution in [0.25, 0.3) is 0 Å². The van der Waals surface area contributed by atoms with E-state index < -0.39 is 0 Å². The normalized spacial score (nSPS) is 11.7. The van der Waals surface area contributed by atoms with Crippen LogP contribution in [0.15, 0.2) is 4.99 Å². The fourth-order valence-electron chi connectivity index (χ4n) is 0.684. The highest BCUT2D eigenvalue weighted by atomic mass is 16.1. The van der Waals surface area contributed by atoms with Crippen molar-refractivity contribution in [3.63, 3.8) is 0 Å². The van der Waals surface area contributed by atoms with Crippen LogP contribution in [0.5, 0.6) is 0 Å². The Hall–Kier alpha value is -0.660. The average molecular weight is 127 g/mol. The van der Waals surface area contributed by atoms with Gasteiger partial charge in [-0.2, -0.15) is 0 Å². The summed E-state index contributed by atoms with van der Waals surface area (Å²) in [5.41, 5.74) is 0.706. The van der Waals surface area contributed by atoms with Crippen molar-refractivity contribution in [2.24, 2.45) is 4.99 Å². The largest absolute Gasteiger partial charge is 0.293 e. The van der Waals surface area contributed by atoms with Crippen LogP contribution >= 0.6 is 0 Å². The maximum atomic E-state index is 10.8. The van der Waals surface area contributed by atoms with E-state index in [1.165, 1.54) is 0 Å². The van der Waals surface area contributed by atoms with Gasteiger partial charge in [-0.25, -0.2) is 0 Å². The van der Waals surface area contributed by atoms with Crippen LogP contribution in [-0.2, 0) is 4.79 Å². The predicted octanol–water partition coefficient (Wildman–Crippen LogP) is 1.45. The Kier molecular flexibility index (Phi) is 3.93. The van der Waals surface area contributed by atoms with Gasteiger partial charge >= 0.3 is 0 Å². The number of rotatable bonds is 3. The third-order valence-corrected chi connectivity index (χ3v) is 1.25. The van der Waals surface area contributed by atoms with Gasteiger partial charge in [0.05, 0.1) is 5.71 Å². The fourth-order valence-corrected chi connectivity index (χ4v) is 0.684. The lowest BCUT2D eigenvalue weighted by molar-refractivity contribution is -0.112. The molecule has 0 radical (unpaired) electrons. The lowest BCUT2D eigenvalue weighted by Gasteiger charge is -1.95. The highest BCUT2D eigenvalue weighted by Gasteiger charge is 2.03. The predicted molar refractivity (Wildman–Crippen MR) is 38.9 cm³/mol. The van der Waals surface area contributed by atoms with E-state index in [9.17, 15) is 4.79 Å². The van der Waals surface area contributed by atoms with E-state index in [1.807, 2.05) is 13.8 Å². The molecule has 0 saturated heterocycles. The summed E-state index contributed by atoms with van der Waals surface area (Å²) in [7, 11) is 1.66. The molecule has 0 aromatic heterocycles. The summed E-state index contributed by atoms with van der Waals surface area (Å²) in [6, 6.07) is 0. The van der Waals surface area contributed by atoms with Crippen molar-refractivity contribution in [3.8, 4) is 0 Å². The van der Waals surface area contributed by atoms with Gasteiger partial charge in [-0.3, -0.25) is 9.79 Å². The van der Waals surface area contributed by atoms with Gasteiger partial charge in [0.15, 0.2) is 5.78 Å². The zero-order valence-corrected chi connectivity index (χ0v) is 6.27. The molecule has 0 saturated carbocycles. The van der Waals surface area contributed by atoms with Crippen LogP contribution in [-0.4, -0.2) is 18.5 Å². The molecule has 2 nitrogen and oxygen atoms in total. The molecule has 9 heavy (non-hydrogen) atoms. The molecule has 2 heteroatoms. The Morgan fingerprint density at radius 1 is 1.33 bits per heavy atom. The van der Waals surface area contributed by atoms with E-state index in [4.69, 9.17) is 0 Å². The molecule has 0 heterocycles. The minimum atomic E-state index is 0.167. The molecule has 0 aromatic rings. The van der Waals surface area contributed by atoms with Crippen molar-refractivity contribution in [1.29, 1.82) is 0 Å². The SMILES string of the molecule is CCC(=O)C(CC)=NC. The van der Waals surface area contributed by atoms with Gasteiger partial charge in [-0.1, -0.05) is 13.8 Å². The molecule has 52 valence electrons. The number of nitrogens with zero attached hydrogens (tertiary/aromatic N) is 1. The number of hydrogen-bond donors (Lipinski definition) is 0. The molecule has 0 rings (SSSR count). The van der Waals surface area contributed by atoms with E-state index in [0.717, 1.165) is 6.42 Å². The highest BCUT2D eigenvalue weighted by Crippen LogP contribution is 1.90. The fraction of sp³-hybridized carbons (Fsp3) is 0.714. The molecule has 0 amide bonds. The van der Waals surface area contributed by atoms with Gasteiger partial charge in [0.25, 0.3) is 0 Å². The summed E-state index contributed by atoms with van der Waals surface area (Å²) in [6.07, 6.45) is 1.32. The molecule has 0 spiro atoms. The molecule has 0 bridgehead atoms. The molecular weight excluding hydrogens is 114 g/mol. The van der Waals surface area contributed by atoms with Crippen LogP contribution in [0.1, 0.15) is 26.7 Å². The molecule has 0 aliphatic carbocycles. The zero-order valence-electron chi connectivity index (χ0n) is 6.27. The smallest absolute Gasteiger partial charge is 0.176 e. The molecule has 0 aliphatic rings. The second-order valence-corrected chi connectivity index (χ2v) is 1.80. The molecule has 0 aliphatic heterocycles. The number of carbonyl (C=O) groups is 1.